The molecule has 120 valence electrons. The van der Waals surface area contributed by atoms with Crippen LogP contribution in [-0.2, 0) is 10.0 Å². The first-order valence-electron chi connectivity index (χ1n) is 6.83. The van der Waals surface area contributed by atoms with Crippen molar-refractivity contribution in [3.8, 4) is 5.75 Å². The van der Waals surface area contributed by atoms with Crippen LogP contribution in [0.5, 0.6) is 5.75 Å². The standard InChI is InChI=1S/C14H23ClN2O3S/c1-10(2)16-6-5-7-21(18,19)17-13-8-11(3)12(15)9-14(13)20-4/h8-10,16-17H,5-7H2,1-4H3. The van der Waals surface area contributed by atoms with Crippen molar-refractivity contribution in [2.24, 2.45) is 0 Å². The summed E-state index contributed by atoms with van der Waals surface area (Å²) in [6.45, 7) is 6.52. The van der Waals surface area contributed by atoms with Gasteiger partial charge in [0.05, 0.1) is 18.6 Å². The first-order chi connectivity index (χ1) is 9.75. The van der Waals surface area contributed by atoms with E-state index < -0.39 is 10.0 Å². The molecule has 2 N–H and O–H groups in total. The summed E-state index contributed by atoms with van der Waals surface area (Å²) in [6.07, 6.45) is 0.544. The lowest BCUT2D eigenvalue weighted by Gasteiger charge is -2.14. The maximum absolute atomic E-state index is 12.1. The highest BCUT2D eigenvalue weighted by Crippen LogP contribution is 2.31. The van der Waals surface area contributed by atoms with Gasteiger partial charge in [0.2, 0.25) is 10.0 Å². The molecule has 1 aromatic carbocycles. The first-order valence-corrected chi connectivity index (χ1v) is 8.86. The Labute approximate surface area is 132 Å². The molecule has 1 aromatic rings. The monoisotopic (exact) mass is 334 g/mol. The van der Waals surface area contributed by atoms with Gasteiger partial charge in [0, 0.05) is 17.1 Å². The summed E-state index contributed by atoms with van der Waals surface area (Å²) in [5.74, 6) is 0.465. The van der Waals surface area contributed by atoms with Gasteiger partial charge in [0.1, 0.15) is 5.75 Å². The lowest BCUT2D eigenvalue weighted by molar-refractivity contribution is 0.417. The minimum atomic E-state index is -3.41. The van der Waals surface area contributed by atoms with Crippen LogP contribution in [0.4, 0.5) is 5.69 Å². The van der Waals surface area contributed by atoms with Gasteiger partial charge in [-0.3, -0.25) is 4.72 Å². The fourth-order valence-electron chi connectivity index (χ4n) is 1.78. The first kappa shape index (κ1) is 18.1. The zero-order valence-corrected chi connectivity index (χ0v) is 14.4. The molecule has 0 aliphatic rings. The van der Waals surface area contributed by atoms with Crippen LogP contribution in [0.2, 0.25) is 5.02 Å². The molecular formula is C14H23ClN2O3S. The molecule has 21 heavy (non-hydrogen) atoms. The minimum Gasteiger partial charge on any atom is -0.495 e. The maximum Gasteiger partial charge on any atom is 0.232 e. The van der Waals surface area contributed by atoms with Gasteiger partial charge in [0.15, 0.2) is 0 Å². The molecule has 0 aromatic heterocycles. The highest BCUT2D eigenvalue weighted by molar-refractivity contribution is 7.92. The van der Waals surface area contributed by atoms with Crippen molar-refractivity contribution < 1.29 is 13.2 Å². The van der Waals surface area contributed by atoms with E-state index in [9.17, 15) is 8.42 Å². The van der Waals surface area contributed by atoms with E-state index >= 15 is 0 Å². The van der Waals surface area contributed by atoms with E-state index in [1.54, 1.807) is 12.1 Å². The van der Waals surface area contributed by atoms with Gasteiger partial charge in [0.25, 0.3) is 0 Å². The van der Waals surface area contributed by atoms with Gasteiger partial charge in [-0.15, -0.1) is 0 Å². The fraction of sp³-hybridized carbons (Fsp3) is 0.571. The highest BCUT2D eigenvalue weighted by Gasteiger charge is 2.15. The summed E-state index contributed by atoms with van der Waals surface area (Å²) in [4.78, 5) is 0. The summed E-state index contributed by atoms with van der Waals surface area (Å²) in [6, 6.07) is 3.62. The van der Waals surface area contributed by atoms with Crippen molar-refractivity contribution in [1.29, 1.82) is 0 Å². The Bertz CT molecular complexity index is 574. The molecule has 7 heteroatoms. The summed E-state index contributed by atoms with van der Waals surface area (Å²) < 4.78 is 31.9. The zero-order chi connectivity index (χ0) is 16.0. The van der Waals surface area contributed by atoms with E-state index in [4.69, 9.17) is 16.3 Å². The number of sulfonamides is 1. The predicted octanol–water partition coefficient (Wildman–Crippen LogP) is 2.79. The Morgan fingerprint density at radius 2 is 2.00 bits per heavy atom. The van der Waals surface area contributed by atoms with Crippen LogP contribution >= 0.6 is 11.6 Å². The number of benzene rings is 1. The van der Waals surface area contributed by atoms with Crippen molar-refractivity contribution in [2.45, 2.75) is 33.2 Å². The van der Waals surface area contributed by atoms with E-state index in [0.29, 0.717) is 35.5 Å². The van der Waals surface area contributed by atoms with Crippen molar-refractivity contribution >= 4 is 27.3 Å². The predicted molar refractivity (Wildman–Crippen MR) is 87.9 cm³/mol. The van der Waals surface area contributed by atoms with E-state index in [2.05, 4.69) is 10.0 Å². The van der Waals surface area contributed by atoms with Crippen LogP contribution in [0.25, 0.3) is 0 Å². The Hall–Kier alpha value is -0.980. The number of methoxy groups -OCH3 is 1. The van der Waals surface area contributed by atoms with E-state index in [0.717, 1.165) is 5.56 Å². The van der Waals surface area contributed by atoms with Gasteiger partial charge in [-0.05, 0) is 31.5 Å². The van der Waals surface area contributed by atoms with Crippen molar-refractivity contribution in [1.82, 2.24) is 5.32 Å². The van der Waals surface area contributed by atoms with Crippen LogP contribution in [0.15, 0.2) is 12.1 Å². The third kappa shape index (κ3) is 6.11. The zero-order valence-electron chi connectivity index (χ0n) is 12.9. The Kier molecular flexibility index (Phi) is 6.77. The second kappa shape index (κ2) is 7.87. The van der Waals surface area contributed by atoms with Crippen LogP contribution in [0.1, 0.15) is 25.8 Å². The molecule has 0 aliphatic carbocycles. The quantitative estimate of drug-likeness (QED) is 0.717. The molecule has 0 radical (unpaired) electrons. The minimum absolute atomic E-state index is 0.0531. The van der Waals surface area contributed by atoms with Gasteiger partial charge in [-0.25, -0.2) is 8.42 Å². The molecule has 0 fully saturated rings. The molecule has 0 saturated heterocycles. The van der Waals surface area contributed by atoms with Gasteiger partial charge < -0.3 is 10.1 Å². The van der Waals surface area contributed by atoms with Gasteiger partial charge in [-0.2, -0.15) is 0 Å². The smallest absolute Gasteiger partial charge is 0.232 e. The molecule has 1 rings (SSSR count). The van der Waals surface area contributed by atoms with Crippen LogP contribution in [0.3, 0.4) is 0 Å². The van der Waals surface area contributed by atoms with E-state index in [1.165, 1.54) is 7.11 Å². The topological polar surface area (TPSA) is 67.4 Å². The number of anilines is 1. The number of hydrogen-bond acceptors (Lipinski definition) is 4. The summed E-state index contributed by atoms with van der Waals surface area (Å²) >= 11 is 6.00. The summed E-state index contributed by atoms with van der Waals surface area (Å²) in [5, 5.41) is 3.72. The van der Waals surface area contributed by atoms with Gasteiger partial charge in [-0.1, -0.05) is 25.4 Å². The Balaban J connectivity index is 2.73. The van der Waals surface area contributed by atoms with E-state index in [1.807, 2.05) is 20.8 Å². The van der Waals surface area contributed by atoms with Gasteiger partial charge >= 0.3 is 0 Å². The lowest BCUT2D eigenvalue weighted by atomic mass is 10.2. The van der Waals surface area contributed by atoms with E-state index in [-0.39, 0.29) is 5.75 Å². The van der Waals surface area contributed by atoms with Crippen LogP contribution in [0, 0.1) is 6.92 Å². The number of rotatable bonds is 8. The number of aryl methyl sites for hydroxylation is 1. The average Bonchev–Trinajstić information content (AvgIpc) is 2.38. The SMILES string of the molecule is COc1cc(Cl)c(C)cc1NS(=O)(=O)CCCNC(C)C. The molecule has 0 aliphatic heterocycles. The van der Waals surface area contributed by atoms with Crippen molar-refractivity contribution in [3.63, 3.8) is 0 Å². The third-order valence-electron chi connectivity index (χ3n) is 2.89. The third-order valence-corrected chi connectivity index (χ3v) is 4.65. The molecule has 0 atom stereocenters. The molecule has 0 spiro atoms. The summed E-state index contributed by atoms with van der Waals surface area (Å²) in [7, 11) is -1.93. The molecule has 0 heterocycles. The highest BCUT2D eigenvalue weighted by atomic mass is 35.5. The number of ether oxygens (including phenoxy) is 1. The molecule has 0 unspecified atom stereocenters. The van der Waals surface area contributed by atoms with Crippen LogP contribution < -0.4 is 14.8 Å². The molecule has 5 nitrogen and oxygen atoms in total. The fourth-order valence-corrected chi connectivity index (χ4v) is 3.06. The molecular weight excluding hydrogens is 312 g/mol. The molecule has 0 saturated carbocycles. The summed E-state index contributed by atoms with van der Waals surface area (Å²) in [5.41, 5.74) is 1.20. The maximum atomic E-state index is 12.1. The number of nitrogens with one attached hydrogen (secondary N) is 2. The van der Waals surface area contributed by atoms with Crippen LogP contribution in [-0.4, -0.2) is 33.9 Å². The normalized spacial score (nSPS) is 11.7. The number of halogens is 1. The van der Waals surface area contributed by atoms with Crippen molar-refractivity contribution in [3.05, 3.63) is 22.7 Å². The largest absolute Gasteiger partial charge is 0.495 e. The average molecular weight is 335 g/mol. The second-order valence-electron chi connectivity index (χ2n) is 5.18. The second-order valence-corrected chi connectivity index (χ2v) is 7.43. The molecule has 0 bridgehead atoms. The molecule has 0 amide bonds. The number of hydrogen-bond donors (Lipinski definition) is 2. The van der Waals surface area contributed by atoms with Crippen molar-refractivity contribution in [2.75, 3.05) is 24.1 Å². The Morgan fingerprint density at radius 3 is 2.57 bits per heavy atom. The Morgan fingerprint density at radius 1 is 1.33 bits per heavy atom. The lowest BCUT2D eigenvalue weighted by Crippen LogP contribution is -2.26.